The first-order valence-corrected chi connectivity index (χ1v) is 6.65. The standard InChI is InChI=1S/C13H17BrN2O3/c1-9(7-12(17)18)15-13(19)16(2)8-10-3-5-11(14)6-4-10/h3-6,9H,7-8H2,1-2H3,(H,15,19)(H,17,18). The zero-order chi connectivity index (χ0) is 14.4. The Bertz CT molecular complexity index is 448. The smallest absolute Gasteiger partial charge is 0.317 e. The van der Waals surface area contributed by atoms with Crippen LogP contribution in [0.15, 0.2) is 28.7 Å². The summed E-state index contributed by atoms with van der Waals surface area (Å²) < 4.78 is 0.985. The molecular weight excluding hydrogens is 312 g/mol. The van der Waals surface area contributed by atoms with Crippen LogP contribution in [0.5, 0.6) is 0 Å². The van der Waals surface area contributed by atoms with Crippen molar-refractivity contribution in [2.75, 3.05) is 7.05 Å². The summed E-state index contributed by atoms with van der Waals surface area (Å²) in [5.41, 5.74) is 1.01. The lowest BCUT2D eigenvalue weighted by Crippen LogP contribution is -2.42. The lowest BCUT2D eigenvalue weighted by Gasteiger charge is -2.20. The fraction of sp³-hybridized carbons (Fsp3) is 0.385. The summed E-state index contributed by atoms with van der Waals surface area (Å²) in [5, 5.41) is 11.3. The number of nitrogens with zero attached hydrogens (tertiary/aromatic N) is 1. The summed E-state index contributed by atoms with van der Waals surface area (Å²) in [6.45, 7) is 2.14. The number of hydrogen-bond donors (Lipinski definition) is 2. The van der Waals surface area contributed by atoms with E-state index >= 15 is 0 Å². The van der Waals surface area contributed by atoms with Crippen molar-refractivity contribution < 1.29 is 14.7 Å². The number of urea groups is 1. The van der Waals surface area contributed by atoms with Crippen LogP contribution in [0, 0.1) is 0 Å². The minimum atomic E-state index is -0.927. The first-order chi connectivity index (χ1) is 8.88. The van der Waals surface area contributed by atoms with Gasteiger partial charge in [-0.25, -0.2) is 4.79 Å². The number of aliphatic carboxylic acids is 1. The minimum Gasteiger partial charge on any atom is -0.481 e. The molecule has 1 aromatic rings. The number of hydrogen-bond acceptors (Lipinski definition) is 2. The number of carboxylic acid groups (broad SMARTS) is 1. The number of nitrogens with one attached hydrogen (secondary N) is 1. The lowest BCUT2D eigenvalue weighted by molar-refractivity contribution is -0.137. The Morgan fingerprint density at radius 3 is 2.47 bits per heavy atom. The Hall–Kier alpha value is -1.56. The molecule has 1 unspecified atom stereocenters. The van der Waals surface area contributed by atoms with Crippen LogP contribution in [-0.2, 0) is 11.3 Å². The van der Waals surface area contributed by atoms with Crippen molar-refractivity contribution in [3.8, 4) is 0 Å². The first kappa shape index (κ1) is 15.5. The van der Waals surface area contributed by atoms with Crippen molar-refractivity contribution in [3.63, 3.8) is 0 Å². The van der Waals surface area contributed by atoms with Crippen molar-refractivity contribution in [1.82, 2.24) is 10.2 Å². The van der Waals surface area contributed by atoms with E-state index in [4.69, 9.17) is 5.11 Å². The number of benzene rings is 1. The number of carboxylic acids is 1. The number of halogens is 1. The molecule has 0 heterocycles. The summed E-state index contributed by atoms with van der Waals surface area (Å²) in [6.07, 6.45) is -0.0855. The lowest BCUT2D eigenvalue weighted by atomic mass is 10.2. The van der Waals surface area contributed by atoms with Crippen LogP contribution in [0.4, 0.5) is 4.79 Å². The molecule has 104 valence electrons. The van der Waals surface area contributed by atoms with Crippen LogP contribution >= 0.6 is 15.9 Å². The van der Waals surface area contributed by atoms with Gasteiger partial charge in [0, 0.05) is 24.1 Å². The molecule has 5 nitrogen and oxygen atoms in total. The van der Waals surface area contributed by atoms with E-state index < -0.39 is 12.0 Å². The van der Waals surface area contributed by atoms with Gasteiger partial charge in [0.2, 0.25) is 0 Å². The fourth-order valence-corrected chi connectivity index (χ4v) is 1.83. The SMILES string of the molecule is CC(CC(=O)O)NC(=O)N(C)Cc1ccc(Br)cc1. The zero-order valence-corrected chi connectivity index (χ0v) is 12.5. The highest BCUT2D eigenvalue weighted by atomic mass is 79.9. The molecule has 1 rings (SSSR count). The predicted molar refractivity (Wildman–Crippen MR) is 75.9 cm³/mol. The van der Waals surface area contributed by atoms with Gasteiger partial charge in [0.1, 0.15) is 0 Å². The van der Waals surface area contributed by atoms with Crippen LogP contribution in [0.25, 0.3) is 0 Å². The number of rotatable bonds is 5. The van der Waals surface area contributed by atoms with Gasteiger partial charge in [-0.05, 0) is 24.6 Å². The van der Waals surface area contributed by atoms with E-state index in [1.54, 1.807) is 14.0 Å². The molecule has 0 fully saturated rings. The molecular formula is C13H17BrN2O3. The summed E-state index contributed by atoms with van der Waals surface area (Å²) in [5.74, 6) is -0.927. The molecule has 6 heteroatoms. The van der Waals surface area contributed by atoms with E-state index in [0.29, 0.717) is 6.54 Å². The molecule has 0 saturated heterocycles. The Balaban J connectivity index is 2.48. The zero-order valence-electron chi connectivity index (χ0n) is 10.9. The molecule has 1 aromatic carbocycles. The number of amides is 2. The molecule has 0 aliphatic rings. The molecule has 0 saturated carbocycles. The van der Waals surface area contributed by atoms with E-state index in [0.717, 1.165) is 10.0 Å². The average molecular weight is 329 g/mol. The van der Waals surface area contributed by atoms with Gasteiger partial charge in [0.15, 0.2) is 0 Å². The third kappa shape index (κ3) is 5.74. The van der Waals surface area contributed by atoms with E-state index in [-0.39, 0.29) is 12.5 Å². The van der Waals surface area contributed by atoms with Crippen LogP contribution in [0.3, 0.4) is 0 Å². The topological polar surface area (TPSA) is 69.6 Å². The monoisotopic (exact) mass is 328 g/mol. The van der Waals surface area contributed by atoms with Crippen LogP contribution < -0.4 is 5.32 Å². The average Bonchev–Trinajstić information content (AvgIpc) is 2.30. The van der Waals surface area contributed by atoms with Crippen molar-refractivity contribution in [2.24, 2.45) is 0 Å². The molecule has 0 aromatic heterocycles. The summed E-state index contributed by atoms with van der Waals surface area (Å²) in [7, 11) is 1.67. The van der Waals surface area contributed by atoms with Gasteiger partial charge in [-0.1, -0.05) is 28.1 Å². The highest BCUT2D eigenvalue weighted by molar-refractivity contribution is 9.10. The molecule has 0 aliphatic carbocycles. The first-order valence-electron chi connectivity index (χ1n) is 5.86. The maximum absolute atomic E-state index is 11.8. The molecule has 0 spiro atoms. The Morgan fingerprint density at radius 2 is 1.95 bits per heavy atom. The quantitative estimate of drug-likeness (QED) is 0.872. The summed E-state index contributed by atoms with van der Waals surface area (Å²) in [4.78, 5) is 23.8. The molecule has 0 bridgehead atoms. The van der Waals surface area contributed by atoms with E-state index in [1.807, 2.05) is 24.3 Å². The maximum Gasteiger partial charge on any atom is 0.317 e. The van der Waals surface area contributed by atoms with Crippen molar-refractivity contribution in [1.29, 1.82) is 0 Å². The number of carbonyl (C=O) groups excluding carboxylic acids is 1. The third-order valence-electron chi connectivity index (χ3n) is 2.53. The molecule has 0 radical (unpaired) electrons. The highest BCUT2D eigenvalue weighted by Gasteiger charge is 2.14. The van der Waals surface area contributed by atoms with Gasteiger partial charge in [-0.2, -0.15) is 0 Å². The molecule has 19 heavy (non-hydrogen) atoms. The second kappa shape index (κ2) is 7.13. The highest BCUT2D eigenvalue weighted by Crippen LogP contribution is 2.11. The van der Waals surface area contributed by atoms with Crippen LogP contribution in [0.1, 0.15) is 18.9 Å². The van der Waals surface area contributed by atoms with Gasteiger partial charge >= 0.3 is 12.0 Å². The van der Waals surface area contributed by atoms with E-state index in [1.165, 1.54) is 4.90 Å². The summed E-state index contributed by atoms with van der Waals surface area (Å²) in [6, 6.07) is 7.00. The fourth-order valence-electron chi connectivity index (χ4n) is 1.57. The van der Waals surface area contributed by atoms with E-state index in [2.05, 4.69) is 21.2 Å². The minimum absolute atomic E-state index is 0.0855. The van der Waals surface area contributed by atoms with Gasteiger partial charge < -0.3 is 15.3 Å². The van der Waals surface area contributed by atoms with Crippen molar-refractivity contribution in [2.45, 2.75) is 25.9 Å². The molecule has 1 atom stereocenters. The largest absolute Gasteiger partial charge is 0.481 e. The summed E-state index contributed by atoms with van der Waals surface area (Å²) >= 11 is 3.35. The Labute approximate surface area is 120 Å². The van der Waals surface area contributed by atoms with Crippen LogP contribution in [0.2, 0.25) is 0 Å². The van der Waals surface area contributed by atoms with Crippen molar-refractivity contribution in [3.05, 3.63) is 34.3 Å². The molecule has 2 N–H and O–H groups in total. The third-order valence-corrected chi connectivity index (χ3v) is 3.06. The molecule has 2 amide bonds. The maximum atomic E-state index is 11.8. The van der Waals surface area contributed by atoms with Gasteiger partial charge in [-0.15, -0.1) is 0 Å². The normalized spacial score (nSPS) is 11.7. The Kier molecular flexibility index (Phi) is 5.82. The molecule has 0 aliphatic heterocycles. The predicted octanol–water partition coefficient (Wildman–Crippen LogP) is 2.45. The second-order valence-electron chi connectivity index (χ2n) is 4.43. The van der Waals surface area contributed by atoms with Crippen LogP contribution in [-0.4, -0.2) is 35.1 Å². The number of carbonyl (C=O) groups is 2. The van der Waals surface area contributed by atoms with Gasteiger partial charge in [0.05, 0.1) is 6.42 Å². The van der Waals surface area contributed by atoms with Gasteiger partial charge in [0.25, 0.3) is 0 Å². The second-order valence-corrected chi connectivity index (χ2v) is 5.35. The Morgan fingerprint density at radius 1 is 1.37 bits per heavy atom. The van der Waals surface area contributed by atoms with Gasteiger partial charge in [-0.3, -0.25) is 4.79 Å². The van der Waals surface area contributed by atoms with Crippen molar-refractivity contribution >= 4 is 27.9 Å². The van der Waals surface area contributed by atoms with E-state index in [9.17, 15) is 9.59 Å².